The second-order valence-corrected chi connectivity index (χ2v) is 6.82. The molecular weight excluding hydrogens is 244 g/mol. The molecule has 0 saturated heterocycles. The first-order valence-electron chi connectivity index (χ1n) is 5.88. The number of hydrogen-bond donors (Lipinski definition) is 0. The maximum Gasteiger partial charge on any atom is 0.207 e. The second kappa shape index (κ2) is 3.45. The minimum atomic E-state index is -3.33. The molecule has 0 spiro atoms. The van der Waals surface area contributed by atoms with Gasteiger partial charge in [0.1, 0.15) is 0 Å². The summed E-state index contributed by atoms with van der Waals surface area (Å²) in [6.07, 6.45) is 0. The third-order valence-electron chi connectivity index (χ3n) is 3.60. The van der Waals surface area contributed by atoms with Crippen molar-refractivity contribution >= 4 is 9.84 Å². The van der Waals surface area contributed by atoms with Crippen LogP contribution in [0.5, 0.6) is 0 Å². The molecule has 0 amide bonds. The van der Waals surface area contributed by atoms with E-state index in [9.17, 15) is 8.42 Å². The van der Waals surface area contributed by atoms with Gasteiger partial charge in [0.15, 0.2) is 0 Å². The van der Waals surface area contributed by atoms with E-state index in [1.165, 1.54) is 0 Å². The molecule has 92 valence electrons. The summed E-state index contributed by atoms with van der Waals surface area (Å²) >= 11 is 0. The standard InChI is InChI=1S/C15H14O2S/c1-9-4-5-12-13-7-10(2)11(3)8-15(13)18(16,17)14(12)6-9/h4-8H,1-3H3. The lowest BCUT2D eigenvalue weighted by molar-refractivity contribution is 0.598. The van der Waals surface area contributed by atoms with Crippen molar-refractivity contribution in [2.45, 2.75) is 30.6 Å². The zero-order chi connectivity index (χ0) is 13.1. The summed E-state index contributed by atoms with van der Waals surface area (Å²) < 4.78 is 25.0. The molecule has 1 aliphatic rings. The lowest BCUT2D eigenvalue weighted by Gasteiger charge is -2.04. The molecule has 2 nitrogen and oxygen atoms in total. The Morgan fingerprint density at radius 3 is 2.11 bits per heavy atom. The van der Waals surface area contributed by atoms with Crippen LogP contribution in [0.4, 0.5) is 0 Å². The highest BCUT2D eigenvalue weighted by Crippen LogP contribution is 2.44. The fraction of sp³-hybridized carbons (Fsp3) is 0.200. The Kier molecular flexibility index (Phi) is 2.20. The van der Waals surface area contributed by atoms with Crippen LogP contribution in [0.2, 0.25) is 0 Å². The number of rotatable bonds is 0. The average molecular weight is 258 g/mol. The normalized spacial score (nSPS) is 15.3. The van der Waals surface area contributed by atoms with E-state index in [1.807, 2.05) is 39.0 Å². The maximum atomic E-state index is 12.5. The van der Waals surface area contributed by atoms with Gasteiger partial charge in [-0.25, -0.2) is 8.42 Å². The Morgan fingerprint density at radius 2 is 1.39 bits per heavy atom. The molecule has 0 unspecified atom stereocenters. The highest BCUT2D eigenvalue weighted by Gasteiger charge is 2.33. The Bertz CT molecular complexity index is 771. The van der Waals surface area contributed by atoms with Gasteiger partial charge in [0, 0.05) is 11.1 Å². The van der Waals surface area contributed by atoms with Crippen LogP contribution in [0.25, 0.3) is 11.1 Å². The van der Waals surface area contributed by atoms with Gasteiger partial charge in [-0.05, 0) is 55.7 Å². The van der Waals surface area contributed by atoms with Crippen molar-refractivity contribution in [3.8, 4) is 11.1 Å². The third-order valence-corrected chi connectivity index (χ3v) is 5.44. The molecular formula is C15H14O2S. The van der Waals surface area contributed by atoms with Crippen LogP contribution in [-0.4, -0.2) is 8.42 Å². The Hall–Kier alpha value is -1.61. The summed E-state index contributed by atoms with van der Waals surface area (Å²) in [4.78, 5) is 0.897. The van der Waals surface area contributed by atoms with Crippen molar-refractivity contribution in [1.82, 2.24) is 0 Å². The van der Waals surface area contributed by atoms with Gasteiger partial charge in [0.25, 0.3) is 0 Å². The average Bonchev–Trinajstić information content (AvgIpc) is 2.50. The van der Waals surface area contributed by atoms with Crippen LogP contribution >= 0.6 is 0 Å². The number of fused-ring (bicyclic) bond motifs is 3. The molecule has 3 heteroatoms. The predicted molar refractivity (Wildman–Crippen MR) is 71.5 cm³/mol. The highest BCUT2D eigenvalue weighted by atomic mass is 32.2. The zero-order valence-electron chi connectivity index (χ0n) is 10.6. The van der Waals surface area contributed by atoms with Gasteiger partial charge in [-0.15, -0.1) is 0 Å². The summed E-state index contributed by atoms with van der Waals surface area (Å²) in [5, 5.41) is 0. The van der Waals surface area contributed by atoms with Crippen molar-refractivity contribution in [2.24, 2.45) is 0 Å². The van der Waals surface area contributed by atoms with E-state index in [4.69, 9.17) is 0 Å². The first-order chi connectivity index (χ1) is 8.41. The minimum absolute atomic E-state index is 0.447. The topological polar surface area (TPSA) is 34.1 Å². The molecule has 0 radical (unpaired) electrons. The van der Waals surface area contributed by atoms with E-state index in [-0.39, 0.29) is 0 Å². The van der Waals surface area contributed by atoms with Gasteiger partial charge < -0.3 is 0 Å². The lowest BCUT2D eigenvalue weighted by atomic mass is 10.00. The Labute approximate surface area is 107 Å². The van der Waals surface area contributed by atoms with Crippen LogP contribution in [-0.2, 0) is 9.84 Å². The Balaban J connectivity index is 2.47. The fourth-order valence-corrected chi connectivity index (χ4v) is 4.25. The summed E-state index contributed by atoms with van der Waals surface area (Å²) in [6, 6.07) is 9.38. The highest BCUT2D eigenvalue weighted by molar-refractivity contribution is 7.92. The molecule has 0 bridgehead atoms. The van der Waals surface area contributed by atoms with Crippen molar-refractivity contribution in [1.29, 1.82) is 0 Å². The summed E-state index contributed by atoms with van der Waals surface area (Å²) in [5.41, 5.74) is 4.78. The lowest BCUT2D eigenvalue weighted by Crippen LogP contribution is -1.97. The van der Waals surface area contributed by atoms with Crippen LogP contribution in [0.1, 0.15) is 16.7 Å². The monoisotopic (exact) mass is 258 g/mol. The van der Waals surface area contributed by atoms with E-state index < -0.39 is 9.84 Å². The van der Waals surface area contributed by atoms with Crippen LogP contribution in [0, 0.1) is 20.8 Å². The van der Waals surface area contributed by atoms with Gasteiger partial charge in [0.2, 0.25) is 9.84 Å². The Morgan fingerprint density at radius 1 is 0.778 bits per heavy atom. The van der Waals surface area contributed by atoms with Crippen LogP contribution in [0.15, 0.2) is 40.1 Å². The van der Waals surface area contributed by atoms with Gasteiger partial charge in [-0.3, -0.25) is 0 Å². The molecule has 0 aliphatic carbocycles. The van der Waals surface area contributed by atoms with Crippen molar-refractivity contribution in [2.75, 3.05) is 0 Å². The second-order valence-electron chi connectivity index (χ2n) is 4.94. The summed E-state index contributed by atoms with van der Waals surface area (Å²) in [5.74, 6) is 0. The molecule has 2 aromatic carbocycles. The number of benzene rings is 2. The number of sulfone groups is 1. The summed E-state index contributed by atoms with van der Waals surface area (Å²) in [7, 11) is -3.33. The third kappa shape index (κ3) is 1.37. The van der Waals surface area contributed by atoms with Gasteiger partial charge in [-0.1, -0.05) is 12.1 Å². The van der Waals surface area contributed by atoms with Gasteiger partial charge in [0.05, 0.1) is 9.79 Å². The smallest absolute Gasteiger partial charge is 0.207 e. The van der Waals surface area contributed by atoms with Gasteiger partial charge in [-0.2, -0.15) is 0 Å². The predicted octanol–water partition coefficient (Wildman–Crippen LogP) is 3.43. The molecule has 1 heterocycles. The van der Waals surface area contributed by atoms with Crippen LogP contribution < -0.4 is 0 Å². The number of hydrogen-bond acceptors (Lipinski definition) is 2. The molecule has 3 rings (SSSR count). The SMILES string of the molecule is Cc1ccc2c(c1)S(=O)(=O)c1cc(C)c(C)cc1-2. The molecule has 0 N–H and O–H groups in total. The molecule has 1 aliphatic heterocycles. The zero-order valence-corrected chi connectivity index (χ0v) is 11.4. The molecule has 2 aromatic rings. The van der Waals surface area contributed by atoms with Gasteiger partial charge >= 0.3 is 0 Å². The molecule has 0 aromatic heterocycles. The fourth-order valence-electron chi connectivity index (χ4n) is 2.42. The van der Waals surface area contributed by atoms with E-state index in [2.05, 4.69) is 0 Å². The van der Waals surface area contributed by atoms with E-state index in [0.29, 0.717) is 9.79 Å². The minimum Gasteiger partial charge on any atom is -0.218 e. The van der Waals surface area contributed by atoms with E-state index >= 15 is 0 Å². The molecule has 0 saturated carbocycles. The number of aryl methyl sites for hydroxylation is 3. The molecule has 0 atom stereocenters. The van der Waals surface area contributed by atoms with Crippen molar-refractivity contribution < 1.29 is 8.42 Å². The molecule has 0 fully saturated rings. The van der Waals surface area contributed by atoms with Crippen molar-refractivity contribution in [3.05, 3.63) is 47.0 Å². The van der Waals surface area contributed by atoms with E-state index in [1.54, 1.807) is 12.1 Å². The molecule has 18 heavy (non-hydrogen) atoms. The first kappa shape index (κ1) is 11.5. The largest absolute Gasteiger partial charge is 0.218 e. The van der Waals surface area contributed by atoms with Crippen molar-refractivity contribution in [3.63, 3.8) is 0 Å². The quantitative estimate of drug-likeness (QED) is 0.619. The van der Waals surface area contributed by atoms with Crippen LogP contribution in [0.3, 0.4) is 0 Å². The maximum absolute atomic E-state index is 12.5. The van der Waals surface area contributed by atoms with E-state index in [0.717, 1.165) is 27.8 Å². The first-order valence-corrected chi connectivity index (χ1v) is 7.37. The summed E-state index contributed by atoms with van der Waals surface area (Å²) in [6.45, 7) is 5.86.